The van der Waals surface area contributed by atoms with Gasteiger partial charge in [-0.15, -0.1) is 0 Å². The van der Waals surface area contributed by atoms with Gasteiger partial charge in [0.15, 0.2) is 0 Å². The second-order valence-electron chi connectivity index (χ2n) is 5.53. The molecule has 0 rings (SSSR count). The highest BCUT2D eigenvalue weighted by Gasteiger charge is 1.98. The molecule has 0 aliphatic carbocycles. The smallest absolute Gasteiger partial charge is 0.303 e. The molecule has 126 valence electrons. The van der Waals surface area contributed by atoms with Crippen molar-refractivity contribution < 1.29 is 19.8 Å². The van der Waals surface area contributed by atoms with Gasteiger partial charge in [-0.05, 0) is 12.8 Å². The van der Waals surface area contributed by atoms with Gasteiger partial charge >= 0.3 is 11.9 Å². The lowest BCUT2D eigenvalue weighted by Gasteiger charge is -2.02. The Morgan fingerprint density at radius 1 is 0.476 bits per heavy atom. The van der Waals surface area contributed by atoms with Gasteiger partial charge in [-0.2, -0.15) is 0 Å². The molecule has 0 aromatic rings. The van der Waals surface area contributed by atoms with E-state index in [1.165, 1.54) is 38.5 Å². The Labute approximate surface area is 128 Å². The van der Waals surface area contributed by atoms with E-state index in [4.69, 9.17) is 10.2 Å². The summed E-state index contributed by atoms with van der Waals surface area (Å²) in [5, 5.41) is 17.0. The Bertz CT molecular complexity index is 231. The maximum atomic E-state index is 10.3. The first-order valence-corrected chi connectivity index (χ1v) is 8.06. The molecule has 5 nitrogen and oxygen atoms in total. The summed E-state index contributed by atoms with van der Waals surface area (Å²) in [6, 6.07) is 0. The first-order chi connectivity index (χ1) is 9.63. The minimum atomic E-state index is -0.687. The molecule has 0 aliphatic heterocycles. The van der Waals surface area contributed by atoms with Crippen molar-refractivity contribution in [2.45, 2.75) is 89.9 Å². The number of rotatable bonds is 15. The van der Waals surface area contributed by atoms with Gasteiger partial charge < -0.3 is 16.4 Å². The topological polar surface area (TPSA) is 110 Å². The second-order valence-corrected chi connectivity index (χ2v) is 5.53. The number of hydrogen-bond acceptors (Lipinski definition) is 3. The zero-order valence-corrected chi connectivity index (χ0v) is 13.3. The number of unbranched alkanes of at least 4 members (excludes halogenated alkanes) is 11. The SMILES string of the molecule is N.O=C(O)CCCCCCCCCCCCCCC(=O)O. The molecule has 5 heteroatoms. The van der Waals surface area contributed by atoms with Gasteiger partial charge in [0.25, 0.3) is 0 Å². The van der Waals surface area contributed by atoms with E-state index < -0.39 is 11.9 Å². The van der Waals surface area contributed by atoms with Crippen LogP contribution in [0.5, 0.6) is 0 Å². The highest BCUT2D eigenvalue weighted by molar-refractivity contribution is 5.66. The monoisotopic (exact) mass is 303 g/mol. The van der Waals surface area contributed by atoms with Gasteiger partial charge in [0, 0.05) is 12.8 Å². The van der Waals surface area contributed by atoms with Crippen LogP contribution in [0.25, 0.3) is 0 Å². The molecule has 21 heavy (non-hydrogen) atoms. The van der Waals surface area contributed by atoms with Crippen molar-refractivity contribution in [3.63, 3.8) is 0 Å². The molecule has 0 spiro atoms. The highest BCUT2D eigenvalue weighted by Crippen LogP contribution is 2.12. The molecular weight excluding hydrogens is 270 g/mol. The van der Waals surface area contributed by atoms with Crippen LogP contribution in [0.2, 0.25) is 0 Å². The van der Waals surface area contributed by atoms with Gasteiger partial charge in [-0.1, -0.05) is 64.2 Å². The normalized spacial score (nSPS) is 10.1. The van der Waals surface area contributed by atoms with Crippen LogP contribution in [0.3, 0.4) is 0 Å². The molecule has 0 amide bonds. The Balaban J connectivity index is 0. The van der Waals surface area contributed by atoms with Gasteiger partial charge in [-0.25, -0.2) is 0 Å². The van der Waals surface area contributed by atoms with Gasteiger partial charge in [0.05, 0.1) is 0 Å². The van der Waals surface area contributed by atoms with E-state index in [-0.39, 0.29) is 6.15 Å². The third-order valence-corrected chi connectivity index (χ3v) is 3.53. The lowest BCUT2D eigenvalue weighted by atomic mass is 10.0. The maximum Gasteiger partial charge on any atom is 0.303 e. The van der Waals surface area contributed by atoms with Crippen molar-refractivity contribution in [1.29, 1.82) is 0 Å². The highest BCUT2D eigenvalue weighted by atomic mass is 16.4. The van der Waals surface area contributed by atoms with Gasteiger partial charge in [0.2, 0.25) is 0 Å². The van der Waals surface area contributed by atoms with E-state index in [1.54, 1.807) is 0 Å². The van der Waals surface area contributed by atoms with Crippen LogP contribution in [0.15, 0.2) is 0 Å². The molecule has 0 fully saturated rings. The zero-order valence-electron chi connectivity index (χ0n) is 13.3. The number of hydrogen-bond donors (Lipinski definition) is 3. The van der Waals surface area contributed by atoms with Crippen LogP contribution in [0.4, 0.5) is 0 Å². The van der Waals surface area contributed by atoms with Crippen molar-refractivity contribution in [3.05, 3.63) is 0 Å². The van der Waals surface area contributed by atoms with Gasteiger partial charge in [0.1, 0.15) is 0 Å². The van der Waals surface area contributed by atoms with E-state index in [0.29, 0.717) is 12.8 Å². The minimum absolute atomic E-state index is 0. The van der Waals surface area contributed by atoms with E-state index in [2.05, 4.69) is 0 Å². The van der Waals surface area contributed by atoms with E-state index in [0.717, 1.165) is 38.5 Å². The predicted molar refractivity (Wildman–Crippen MR) is 84.9 cm³/mol. The Morgan fingerprint density at radius 2 is 0.667 bits per heavy atom. The molecule has 0 unspecified atom stereocenters. The molecule has 0 aromatic heterocycles. The lowest BCUT2D eigenvalue weighted by Crippen LogP contribution is -1.93. The van der Waals surface area contributed by atoms with E-state index in [9.17, 15) is 9.59 Å². The summed E-state index contributed by atoms with van der Waals surface area (Å²) in [6.07, 6.45) is 14.1. The molecule has 0 aliphatic rings. The van der Waals surface area contributed by atoms with Gasteiger partial charge in [-0.3, -0.25) is 9.59 Å². The van der Waals surface area contributed by atoms with Crippen LogP contribution in [0, 0.1) is 0 Å². The predicted octanol–water partition coefficient (Wildman–Crippen LogP) is 4.78. The third-order valence-electron chi connectivity index (χ3n) is 3.53. The lowest BCUT2D eigenvalue weighted by molar-refractivity contribution is -0.138. The summed E-state index contributed by atoms with van der Waals surface area (Å²) in [5.41, 5.74) is 0. The summed E-state index contributed by atoms with van der Waals surface area (Å²) in [4.78, 5) is 20.6. The quantitative estimate of drug-likeness (QED) is 0.377. The summed E-state index contributed by atoms with van der Waals surface area (Å²) in [6.45, 7) is 0. The fraction of sp³-hybridized carbons (Fsp3) is 0.875. The number of aliphatic carboxylic acids is 2. The largest absolute Gasteiger partial charge is 0.481 e. The van der Waals surface area contributed by atoms with Crippen LogP contribution in [0.1, 0.15) is 89.9 Å². The number of carboxylic acids is 2. The average molecular weight is 303 g/mol. The Kier molecular flexibility index (Phi) is 17.9. The number of carbonyl (C=O) groups is 2. The summed E-state index contributed by atoms with van der Waals surface area (Å²) < 4.78 is 0. The third kappa shape index (κ3) is 21.4. The van der Waals surface area contributed by atoms with E-state index in [1.807, 2.05) is 0 Å². The molecule has 0 aromatic carbocycles. The molecule has 0 bridgehead atoms. The molecular formula is C16H33NO4. The molecule has 0 radical (unpaired) electrons. The standard InChI is InChI=1S/C16H30O4.H3N/c17-15(18)13-11-9-7-5-3-1-2-4-6-8-10-12-14-16(19)20;/h1-14H2,(H,17,18)(H,19,20);1H3. The molecule has 0 saturated carbocycles. The fourth-order valence-corrected chi connectivity index (χ4v) is 2.32. The summed E-state index contributed by atoms with van der Waals surface area (Å²) in [7, 11) is 0. The molecule has 0 atom stereocenters. The summed E-state index contributed by atoms with van der Waals surface area (Å²) in [5.74, 6) is -1.37. The van der Waals surface area contributed by atoms with Crippen molar-refractivity contribution in [3.8, 4) is 0 Å². The van der Waals surface area contributed by atoms with Crippen molar-refractivity contribution in [2.24, 2.45) is 0 Å². The van der Waals surface area contributed by atoms with Crippen LogP contribution >= 0.6 is 0 Å². The molecule has 0 heterocycles. The maximum absolute atomic E-state index is 10.3. The van der Waals surface area contributed by atoms with Crippen LogP contribution in [-0.2, 0) is 9.59 Å². The Morgan fingerprint density at radius 3 is 0.857 bits per heavy atom. The fourth-order valence-electron chi connectivity index (χ4n) is 2.32. The summed E-state index contributed by atoms with van der Waals surface area (Å²) >= 11 is 0. The first-order valence-electron chi connectivity index (χ1n) is 8.06. The van der Waals surface area contributed by atoms with Crippen molar-refractivity contribution >= 4 is 11.9 Å². The Hall–Kier alpha value is -1.10. The number of carboxylic acid groups (broad SMARTS) is 2. The second kappa shape index (κ2) is 17.0. The molecule has 5 N–H and O–H groups in total. The zero-order chi connectivity index (χ0) is 15.1. The van der Waals surface area contributed by atoms with Crippen LogP contribution in [-0.4, -0.2) is 22.2 Å². The van der Waals surface area contributed by atoms with Crippen molar-refractivity contribution in [2.75, 3.05) is 0 Å². The van der Waals surface area contributed by atoms with Crippen molar-refractivity contribution in [1.82, 2.24) is 6.15 Å². The van der Waals surface area contributed by atoms with E-state index >= 15 is 0 Å². The minimum Gasteiger partial charge on any atom is -0.481 e. The van der Waals surface area contributed by atoms with Crippen LogP contribution < -0.4 is 6.15 Å². The average Bonchev–Trinajstić information content (AvgIpc) is 2.38. The molecule has 0 saturated heterocycles. The first kappa shape index (κ1) is 22.2.